The number of nitrogen functional groups attached to an aromatic ring is 1. The van der Waals surface area contributed by atoms with Crippen molar-refractivity contribution in [3.8, 4) is 11.1 Å². The Morgan fingerprint density at radius 2 is 1.91 bits per heavy atom. The van der Waals surface area contributed by atoms with Gasteiger partial charge in [-0.1, -0.05) is 48.0 Å². The summed E-state index contributed by atoms with van der Waals surface area (Å²) >= 11 is 1.34. The van der Waals surface area contributed by atoms with Crippen LogP contribution in [0.2, 0.25) is 0 Å². The summed E-state index contributed by atoms with van der Waals surface area (Å²) in [5, 5.41) is 5.33. The highest BCUT2D eigenvalue weighted by Gasteiger charge is 2.26. The van der Waals surface area contributed by atoms with Gasteiger partial charge in [-0.05, 0) is 54.3 Å². The number of aryl methyl sites for hydroxylation is 1. The van der Waals surface area contributed by atoms with Crippen molar-refractivity contribution in [3.05, 3.63) is 94.5 Å². The largest absolute Gasteiger partial charge is 0.375 e. The third kappa shape index (κ3) is 4.43. The van der Waals surface area contributed by atoms with Gasteiger partial charge in [-0.2, -0.15) is 0 Å². The maximum atomic E-state index is 13.2. The Labute approximate surface area is 202 Å². The first-order chi connectivity index (χ1) is 16.5. The van der Waals surface area contributed by atoms with Crippen LogP contribution in [-0.4, -0.2) is 23.3 Å². The van der Waals surface area contributed by atoms with E-state index < -0.39 is 0 Å². The zero-order valence-corrected chi connectivity index (χ0v) is 19.6. The zero-order chi connectivity index (χ0) is 23.7. The first-order valence-electron chi connectivity index (χ1n) is 11.1. The lowest BCUT2D eigenvalue weighted by Gasteiger charge is -2.17. The number of nitrogens with zero attached hydrogens (tertiary/aromatic N) is 2. The van der Waals surface area contributed by atoms with Crippen molar-refractivity contribution in [2.45, 2.75) is 19.8 Å². The Kier molecular flexibility index (Phi) is 5.86. The van der Waals surface area contributed by atoms with Crippen LogP contribution < -0.4 is 16.0 Å². The molecule has 0 spiro atoms. The summed E-state index contributed by atoms with van der Waals surface area (Å²) in [6.45, 7) is 2.59. The SMILES string of the molecule is Cc1ccc(-c2ccccc2)c(C(=O)Nc2ccc3c(c2)CCN3C(=O)Cc2csc(N)n2)c1. The molecule has 6 nitrogen and oxygen atoms in total. The summed E-state index contributed by atoms with van der Waals surface area (Å²) in [7, 11) is 0. The van der Waals surface area contributed by atoms with Crippen LogP contribution in [0.5, 0.6) is 0 Å². The van der Waals surface area contributed by atoms with Crippen LogP contribution >= 0.6 is 11.3 Å². The summed E-state index contributed by atoms with van der Waals surface area (Å²) in [4.78, 5) is 32.0. The number of benzene rings is 3. The van der Waals surface area contributed by atoms with Crippen LogP contribution in [0.4, 0.5) is 16.5 Å². The van der Waals surface area contributed by atoms with Gasteiger partial charge < -0.3 is 16.0 Å². The van der Waals surface area contributed by atoms with Crippen molar-refractivity contribution < 1.29 is 9.59 Å². The van der Waals surface area contributed by atoms with Crippen LogP contribution in [0.3, 0.4) is 0 Å². The molecule has 0 saturated carbocycles. The van der Waals surface area contributed by atoms with Gasteiger partial charge in [-0.15, -0.1) is 11.3 Å². The van der Waals surface area contributed by atoms with Crippen LogP contribution in [-0.2, 0) is 17.6 Å². The highest BCUT2D eigenvalue weighted by molar-refractivity contribution is 7.13. The van der Waals surface area contributed by atoms with Gasteiger partial charge in [0.25, 0.3) is 5.91 Å². The molecule has 34 heavy (non-hydrogen) atoms. The molecule has 1 aliphatic rings. The fourth-order valence-electron chi connectivity index (χ4n) is 4.31. The average molecular weight is 469 g/mol. The van der Waals surface area contributed by atoms with Gasteiger partial charge in [-0.25, -0.2) is 4.98 Å². The molecule has 1 aromatic heterocycles. The zero-order valence-electron chi connectivity index (χ0n) is 18.7. The second-order valence-corrected chi connectivity index (χ2v) is 9.25. The molecule has 2 heterocycles. The maximum Gasteiger partial charge on any atom is 0.256 e. The summed E-state index contributed by atoms with van der Waals surface area (Å²) in [5.74, 6) is -0.164. The molecule has 0 unspecified atom stereocenters. The van der Waals surface area contributed by atoms with Crippen molar-refractivity contribution >= 4 is 39.7 Å². The Bertz CT molecular complexity index is 1380. The van der Waals surface area contributed by atoms with Crippen LogP contribution in [0.1, 0.15) is 27.2 Å². The molecule has 0 radical (unpaired) electrons. The number of aromatic nitrogens is 1. The molecular weight excluding hydrogens is 444 g/mol. The molecule has 170 valence electrons. The van der Waals surface area contributed by atoms with E-state index in [4.69, 9.17) is 5.73 Å². The van der Waals surface area contributed by atoms with Gasteiger partial charge in [0.1, 0.15) is 0 Å². The third-order valence-corrected chi connectivity index (χ3v) is 6.66. The first-order valence-corrected chi connectivity index (χ1v) is 12.0. The molecule has 2 amide bonds. The molecule has 3 aromatic carbocycles. The third-order valence-electron chi connectivity index (χ3n) is 5.94. The fraction of sp³-hybridized carbons (Fsp3) is 0.148. The quantitative estimate of drug-likeness (QED) is 0.427. The van der Waals surface area contributed by atoms with Crippen molar-refractivity contribution in [3.63, 3.8) is 0 Å². The number of carbonyl (C=O) groups is 2. The van der Waals surface area contributed by atoms with E-state index in [1.165, 1.54) is 11.3 Å². The van der Waals surface area contributed by atoms with Gasteiger partial charge in [-0.3, -0.25) is 9.59 Å². The standard InChI is InChI=1S/C27H24N4O2S/c1-17-7-9-22(18-5-3-2-4-6-18)23(13-17)26(33)29-20-8-10-24-19(14-20)11-12-31(24)25(32)15-21-16-34-27(28)30-21/h2-10,13-14,16H,11-12,15H2,1H3,(H2,28,30)(H,29,33). The number of nitrogens with one attached hydrogen (secondary N) is 1. The Balaban J connectivity index is 1.35. The molecule has 3 N–H and O–H groups in total. The molecule has 1 aliphatic heterocycles. The second kappa shape index (κ2) is 9.11. The van der Waals surface area contributed by atoms with E-state index >= 15 is 0 Å². The Morgan fingerprint density at radius 3 is 2.68 bits per heavy atom. The van der Waals surface area contributed by atoms with Crippen molar-refractivity contribution in [1.29, 1.82) is 0 Å². The lowest BCUT2D eigenvalue weighted by Crippen LogP contribution is -2.30. The number of amides is 2. The lowest BCUT2D eigenvalue weighted by molar-refractivity contribution is -0.117. The normalized spacial score (nSPS) is 12.4. The van der Waals surface area contributed by atoms with Gasteiger partial charge in [0.2, 0.25) is 5.91 Å². The van der Waals surface area contributed by atoms with Crippen LogP contribution in [0.25, 0.3) is 11.1 Å². The molecule has 0 bridgehead atoms. The topological polar surface area (TPSA) is 88.3 Å². The average Bonchev–Trinajstić information content (AvgIpc) is 3.45. The molecule has 4 aromatic rings. The van der Waals surface area contributed by atoms with Crippen LogP contribution in [0.15, 0.2) is 72.1 Å². The number of anilines is 3. The molecule has 5 rings (SSSR count). The number of fused-ring (bicyclic) bond motifs is 1. The highest BCUT2D eigenvalue weighted by Crippen LogP contribution is 2.32. The van der Waals surface area contributed by atoms with Gasteiger partial charge >= 0.3 is 0 Å². The fourth-order valence-corrected chi connectivity index (χ4v) is 4.87. The lowest BCUT2D eigenvalue weighted by atomic mass is 9.97. The van der Waals surface area contributed by atoms with Crippen molar-refractivity contribution in [1.82, 2.24) is 4.98 Å². The van der Waals surface area contributed by atoms with Crippen molar-refractivity contribution in [2.24, 2.45) is 0 Å². The van der Waals surface area contributed by atoms with E-state index in [9.17, 15) is 9.59 Å². The summed E-state index contributed by atoms with van der Waals surface area (Å²) in [5.41, 5.74) is 12.6. The van der Waals surface area contributed by atoms with E-state index in [1.54, 1.807) is 4.90 Å². The number of hydrogen-bond donors (Lipinski definition) is 2. The maximum absolute atomic E-state index is 13.2. The molecule has 0 atom stereocenters. The molecular formula is C27H24N4O2S. The molecule has 0 saturated heterocycles. The molecule has 0 fully saturated rings. The number of nitrogens with two attached hydrogens (primary N) is 1. The van der Waals surface area contributed by atoms with E-state index in [-0.39, 0.29) is 18.2 Å². The summed E-state index contributed by atoms with van der Waals surface area (Å²) in [6, 6.07) is 21.5. The van der Waals surface area contributed by atoms with E-state index in [0.717, 1.165) is 34.4 Å². The minimum Gasteiger partial charge on any atom is -0.375 e. The number of rotatable bonds is 5. The van der Waals surface area contributed by atoms with Gasteiger partial charge in [0, 0.05) is 28.9 Å². The number of thiazole rings is 1. The van der Waals surface area contributed by atoms with Crippen molar-refractivity contribution in [2.75, 3.05) is 22.5 Å². The summed E-state index contributed by atoms with van der Waals surface area (Å²) in [6.07, 6.45) is 0.963. The highest BCUT2D eigenvalue weighted by atomic mass is 32.1. The minimum absolute atomic E-state index is 0.00639. The molecule has 7 heteroatoms. The minimum atomic E-state index is -0.158. The number of hydrogen-bond acceptors (Lipinski definition) is 5. The molecule has 0 aliphatic carbocycles. The van der Waals surface area contributed by atoms with E-state index in [0.29, 0.717) is 28.6 Å². The predicted octanol–water partition coefficient (Wildman–Crippen LogP) is 5.08. The first kappa shape index (κ1) is 21.9. The van der Waals surface area contributed by atoms with E-state index in [1.807, 2.05) is 79.0 Å². The van der Waals surface area contributed by atoms with Gasteiger partial charge in [0.15, 0.2) is 5.13 Å². The number of carbonyl (C=O) groups excluding carboxylic acids is 2. The monoisotopic (exact) mass is 468 g/mol. The van der Waals surface area contributed by atoms with Gasteiger partial charge in [0.05, 0.1) is 12.1 Å². The Morgan fingerprint density at radius 1 is 1.09 bits per heavy atom. The predicted molar refractivity (Wildman–Crippen MR) is 137 cm³/mol. The Hall–Kier alpha value is -3.97. The second-order valence-electron chi connectivity index (χ2n) is 8.36. The summed E-state index contributed by atoms with van der Waals surface area (Å²) < 4.78 is 0. The smallest absolute Gasteiger partial charge is 0.256 e. The van der Waals surface area contributed by atoms with Crippen LogP contribution in [0, 0.1) is 6.92 Å². The van der Waals surface area contributed by atoms with E-state index in [2.05, 4.69) is 10.3 Å².